The lowest BCUT2D eigenvalue weighted by Gasteiger charge is -2.16. The lowest BCUT2D eigenvalue weighted by atomic mass is 10.1. The van der Waals surface area contributed by atoms with Crippen molar-refractivity contribution in [2.24, 2.45) is 0 Å². The minimum absolute atomic E-state index is 0.0908. The van der Waals surface area contributed by atoms with E-state index in [2.05, 4.69) is 5.32 Å². The van der Waals surface area contributed by atoms with E-state index in [1.165, 1.54) is 12.1 Å². The summed E-state index contributed by atoms with van der Waals surface area (Å²) in [4.78, 5) is 0. The Balaban J connectivity index is 2.67. The molecule has 0 fully saturated rings. The third-order valence-corrected chi connectivity index (χ3v) is 2.46. The minimum atomic E-state index is -4.30. The topological polar surface area (TPSA) is 32.3 Å². The van der Waals surface area contributed by atoms with Crippen molar-refractivity contribution in [2.45, 2.75) is 32.2 Å². The second-order valence-corrected chi connectivity index (χ2v) is 4.10. The summed E-state index contributed by atoms with van der Waals surface area (Å²) >= 11 is 0. The van der Waals surface area contributed by atoms with Crippen LogP contribution in [-0.4, -0.2) is 17.8 Å². The summed E-state index contributed by atoms with van der Waals surface area (Å²) in [6.45, 7) is 3.89. The molecule has 0 aliphatic heterocycles. The molecule has 2 nitrogen and oxygen atoms in total. The largest absolute Gasteiger partial charge is 0.416 e. The molecule has 0 heterocycles. The summed E-state index contributed by atoms with van der Waals surface area (Å²) in [6, 6.07) is 4.93. The van der Waals surface area contributed by atoms with Crippen LogP contribution < -0.4 is 5.32 Å². The molecule has 0 amide bonds. The number of hydrogen-bond donors (Lipinski definition) is 2. The van der Waals surface area contributed by atoms with Gasteiger partial charge in [0.25, 0.3) is 0 Å². The van der Waals surface area contributed by atoms with Crippen molar-refractivity contribution in [3.63, 3.8) is 0 Å². The summed E-state index contributed by atoms with van der Waals surface area (Å²) in [7, 11) is 0. The van der Waals surface area contributed by atoms with Crippen molar-refractivity contribution >= 4 is 0 Å². The molecule has 2 unspecified atom stereocenters. The minimum Gasteiger partial charge on any atom is -0.392 e. The number of aliphatic hydroxyl groups excluding tert-OH is 1. The van der Waals surface area contributed by atoms with Crippen LogP contribution in [0.1, 0.15) is 31.0 Å². The lowest BCUT2D eigenvalue weighted by molar-refractivity contribution is -0.137. The predicted octanol–water partition coefficient (Wildman–Crippen LogP) is 2.74. The van der Waals surface area contributed by atoms with Gasteiger partial charge in [0.15, 0.2) is 0 Å². The summed E-state index contributed by atoms with van der Waals surface area (Å²) < 4.78 is 37.0. The van der Waals surface area contributed by atoms with Crippen molar-refractivity contribution in [3.8, 4) is 0 Å². The third-order valence-electron chi connectivity index (χ3n) is 2.46. The Hall–Kier alpha value is -1.07. The number of rotatable bonds is 4. The predicted molar refractivity (Wildman–Crippen MR) is 59.5 cm³/mol. The third kappa shape index (κ3) is 4.36. The van der Waals surface area contributed by atoms with Gasteiger partial charge in [0, 0.05) is 12.6 Å². The van der Waals surface area contributed by atoms with Gasteiger partial charge in [0.05, 0.1) is 11.7 Å². The van der Waals surface area contributed by atoms with Crippen molar-refractivity contribution in [1.29, 1.82) is 0 Å². The first kappa shape index (κ1) is 14.0. The summed E-state index contributed by atoms with van der Waals surface area (Å²) in [5, 5.41) is 12.1. The highest BCUT2D eigenvalue weighted by molar-refractivity contribution is 5.26. The fourth-order valence-corrected chi connectivity index (χ4v) is 1.43. The van der Waals surface area contributed by atoms with Crippen molar-refractivity contribution in [3.05, 3.63) is 35.4 Å². The van der Waals surface area contributed by atoms with Crippen LogP contribution >= 0.6 is 0 Å². The van der Waals surface area contributed by atoms with Gasteiger partial charge in [-0.25, -0.2) is 0 Å². The van der Waals surface area contributed by atoms with Crippen LogP contribution in [0.4, 0.5) is 13.2 Å². The number of benzene rings is 1. The Morgan fingerprint density at radius 3 is 2.12 bits per heavy atom. The van der Waals surface area contributed by atoms with Gasteiger partial charge in [0.1, 0.15) is 0 Å². The first-order valence-electron chi connectivity index (χ1n) is 5.39. The highest BCUT2D eigenvalue weighted by atomic mass is 19.4. The van der Waals surface area contributed by atoms with E-state index in [1.807, 2.05) is 6.92 Å². The Kier molecular flexibility index (Phi) is 4.54. The Bertz CT molecular complexity index is 346. The molecule has 0 saturated carbocycles. The standard InChI is InChI=1S/C12H16F3NO/c1-8(17)7-16-9(2)10-3-5-11(6-4-10)12(13,14)15/h3-6,8-9,16-17H,7H2,1-2H3. The van der Waals surface area contributed by atoms with E-state index in [-0.39, 0.29) is 6.04 Å². The molecular formula is C12H16F3NO. The highest BCUT2D eigenvalue weighted by Crippen LogP contribution is 2.29. The monoisotopic (exact) mass is 247 g/mol. The van der Waals surface area contributed by atoms with Crippen molar-refractivity contribution < 1.29 is 18.3 Å². The molecule has 0 spiro atoms. The van der Waals surface area contributed by atoms with Gasteiger partial charge in [-0.1, -0.05) is 12.1 Å². The SMILES string of the molecule is CC(O)CNC(C)c1ccc(C(F)(F)F)cc1. The van der Waals surface area contributed by atoms with Gasteiger partial charge >= 0.3 is 6.18 Å². The maximum absolute atomic E-state index is 12.3. The first-order chi connectivity index (χ1) is 7.80. The molecule has 1 aromatic rings. The van der Waals surface area contributed by atoms with Crippen LogP contribution in [0.2, 0.25) is 0 Å². The smallest absolute Gasteiger partial charge is 0.392 e. The molecule has 0 aliphatic rings. The molecule has 1 aromatic carbocycles. The highest BCUT2D eigenvalue weighted by Gasteiger charge is 2.30. The van der Waals surface area contributed by atoms with Gasteiger partial charge < -0.3 is 10.4 Å². The molecule has 0 saturated heterocycles. The molecule has 1 rings (SSSR count). The fraction of sp³-hybridized carbons (Fsp3) is 0.500. The number of nitrogens with one attached hydrogen (secondary N) is 1. The second kappa shape index (κ2) is 5.51. The molecule has 0 bridgehead atoms. The zero-order valence-corrected chi connectivity index (χ0v) is 9.75. The van der Waals surface area contributed by atoms with Crippen molar-refractivity contribution in [1.82, 2.24) is 5.32 Å². The Morgan fingerprint density at radius 1 is 1.18 bits per heavy atom. The van der Waals surface area contributed by atoms with Crippen LogP contribution in [0.15, 0.2) is 24.3 Å². The quantitative estimate of drug-likeness (QED) is 0.857. The Labute approximate surface area is 98.5 Å². The number of halogens is 3. The normalized spacial score (nSPS) is 15.6. The lowest BCUT2D eigenvalue weighted by Crippen LogP contribution is -2.27. The van der Waals surface area contributed by atoms with Gasteiger partial charge in [-0.15, -0.1) is 0 Å². The van der Waals surface area contributed by atoms with E-state index < -0.39 is 17.8 Å². The summed E-state index contributed by atoms with van der Waals surface area (Å²) in [5.74, 6) is 0. The van der Waals surface area contributed by atoms with E-state index in [4.69, 9.17) is 5.11 Å². The van der Waals surface area contributed by atoms with Crippen LogP contribution in [0.5, 0.6) is 0 Å². The first-order valence-corrected chi connectivity index (χ1v) is 5.39. The van der Waals surface area contributed by atoms with Crippen molar-refractivity contribution in [2.75, 3.05) is 6.54 Å². The van der Waals surface area contributed by atoms with Gasteiger partial charge in [-0.05, 0) is 31.5 Å². The zero-order valence-electron chi connectivity index (χ0n) is 9.75. The number of alkyl halides is 3. The van der Waals surface area contributed by atoms with E-state index in [0.29, 0.717) is 6.54 Å². The maximum Gasteiger partial charge on any atom is 0.416 e. The molecule has 0 aromatic heterocycles. The van der Waals surface area contributed by atoms with Crippen LogP contribution in [0.3, 0.4) is 0 Å². The van der Waals surface area contributed by atoms with Crippen LogP contribution in [-0.2, 0) is 6.18 Å². The number of aliphatic hydroxyl groups is 1. The molecule has 0 radical (unpaired) electrons. The Morgan fingerprint density at radius 2 is 1.71 bits per heavy atom. The molecule has 17 heavy (non-hydrogen) atoms. The van der Waals surface area contributed by atoms with Crippen LogP contribution in [0, 0.1) is 0 Å². The molecule has 2 atom stereocenters. The van der Waals surface area contributed by atoms with Gasteiger partial charge in [-0.2, -0.15) is 13.2 Å². The van der Waals surface area contributed by atoms with Crippen LogP contribution in [0.25, 0.3) is 0 Å². The molecule has 96 valence electrons. The fourth-order valence-electron chi connectivity index (χ4n) is 1.43. The average molecular weight is 247 g/mol. The zero-order chi connectivity index (χ0) is 13.1. The van der Waals surface area contributed by atoms with Gasteiger partial charge in [-0.3, -0.25) is 0 Å². The number of hydrogen-bond acceptors (Lipinski definition) is 2. The summed E-state index contributed by atoms with van der Waals surface area (Å²) in [5.41, 5.74) is 0.114. The van der Waals surface area contributed by atoms with E-state index in [1.54, 1.807) is 6.92 Å². The molecule has 5 heteroatoms. The average Bonchev–Trinajstić information content (AvgIpc) is 2.25. The van der Waals surface area contributed by atoms with E-state index >= 15 is 0 Å². The summed E-state index contributed by atoms with van der Waals surface area (Å²) in [6.07, 6.45) is -4.78. The molecular weight excluding hydrogens is 231 g/mol. The molecule has 2 N–H and O–H groups in total. The van der Waals surface area contributed by atoms with Gasteiger partial charge in [0.2, 0.25) is 0 Å². The van der Waals surface area contributed by atoms with E-state index in [9.17, 15) is 13.2 Å². The second-order valence-electron chi connectivity index (χ2n) is 4.10. The van der Waals surface area contributed by atoms with E-state index in [0.717, 1.165) is 17.7 Å². The molecule has 0 aliphatic carbocycles. The maximum atomic E-state index is 12.3.